The monoisotopic (exact) mass is 333 g/mol. The fourth-order valence-electron chi connectivity index (χ4n) is 1.69. The SMILES string of the molecule is CCC(CC)(CO)NC(=O)c1cc(Cl)cc(Br)c1. The number of carbonyl (C=O) groups is 1. The number of halogens is 2. The topological polar surface area (TPSA) is 49.3 Å². The van der Waals surface area contributed by atoms with Gasteiger partial charge in [-0.15, -0.1) is 0 Å². The number of carbonyl (C=O) groups excluding carboxylic acids is 1. The third-order valence-corrected chi connectivity index (χ3v) is 3.84. The van der Waals surface area contributed by atoms with Gasteiger partial charge < -0.3 is 10.4 Å². The predicted molar refractivity (Wildman–Crippen MR) is 77.0 cm³/mol. The van der Waals surface area contributed by atoms with E-state index in [1.54, 1.807) is 18.2 Å². The van der Waals surface area contributed by atoms with Crippen LogP contribution in [0, 0.1) is 0 Å². The number of benzene rings is 1. The lowest BCUT2D eigenvalue weighted by atomic mass is 9.93. The number of amides is 1. The van der Waals surface area contributed by atoms with Crippen molar-refractivity contribution < 1.29 is 9.90 Å². The van der Waals surface area contributed by atoms with E-state index in [0.717, 1.165) is 4.47 Å². The highest BCUT2D eigenvalue weighted by Crippen LogP contribution is 2.21. The first-order valence-corrected chi connectivity index (χ1v) is 7.03. The summed E-state index contributed by atoms with van der Waals surface area (Å²) in [5.41, 5.74) is -0.0830. The van der Waals surface area contributed by atoms with Crippen molar-refractivity contribution in [2.75, 3.05) is 6.61 Å². The Kier molecular flexibility index (Phi) is 5.63. The van der Waals surface area contributed by atoms with E-state index in [9.17, 15) is 9.90 Å². The summed E-state index contributed by atoms with van der Waals surface area (Å²) in [5.74, 6) is -0.226. The van der Waals surface area contributed by atoms with Crippen LogP contribution in [-0.4, -0.2) is 23.2 Å². The van der Waals surface area contributed by atoms with E-state index in [1.165, 1.54) is 0 Å². The third-order valence-electron chi connectivity index (χ3n) is 3.16. The molecule has 0 aliphatic rings. The number of hydrogen-bond acceptors (Lipinski definition) is 2. The Morgan fingerprint density at radius 3 is 2.44 bits per heavy atom. The smallest absolute Gasteiger partial charge is 0.251 e. The van der Waals surface area contributed by atoms with Crippen LogP contribution >= 0.6 is 27.5 Å². The number of nitrogens with one attached hydrogen (secondary N) is 1. The van der Waals surface area contributed by atoms with Gasteiger partial charge in [0.25, 0.3) is 5.91 Å². The van der Waals surface area contributed by atoms with Crippen molar-refractivity contribution in [2.24, 2.45) is 0 Å². The molecular formula is C13H17BrClNO2. The van der Waals surface area contributed by atoms with Gasteiger partial charge in [0.2, 0.25) is 0 Å². The molecule has 0 aliphatic heterocycles. The molecule has 0 atom stereocenters. The molecule has 18 heavy (non-hydrogen) atoms. The van der Waals surface area contributed by atoms with Crippen molar-refractivity contribution >= 4 is 33.4 Å². The molecule has 1 aromatic carbocycles. The average Bonchev–Trinajstić information content (AvgIpc) is 2.35. The molecule has 0 unspecified atom stereocenters. The maximum absolute atomic E-state index is 12.1. The summed E-state index contributed by atoms with van der Waals surface area (Å²) in [6.45, 7) is 3.80. The average molecular weight is 335 g/mol. The summed E-state index contributed by atoms with van der Waals surface area (Å²) in [7, 11) is 0. The van der Waals surface area contributed by atoms with Gasteiger partial charge in [-0.1, -0.05) is 41.4 Å². The molecule has 0 spiro atoms. The van der Waals surface area contributed by atoms with Gasteiger partial charge in [0.1, 0.15) is 0 Å². The lowest BCUT2D eigenvalue weighted by molar-refractivity contribution is 0.0818. The summed E-state index contributed by atoms with van der Waals surface area (Å²) in [6, 6.07) is 5.03. The Morgan fingerprint density at radius 2 is 2.00 bits per heavy atom. The van der Waals surface area contributed by atoms with Gasteiger partial charge in [0.05, 0.1) is 12.1 Å². The number of aliphatic hydroxyl groups is 1. The van der Waals surface area contributed by atoms with Gasteiger partial charge in [0, 0.05) is 15.1 Å². The molecular weight excluding hydrogens is 318 g/mol. The lowest BCUT2D eigenvalue weighted by Gasteiger charge is -2.30. The standard InChI is InChI=1S/C13H17BrClNO2/c1-3-13(4-2,8-17)16-12(18)9-5-10(14)7-11(15)6-9/h5-7,17H,3-4,8H2,1-2H3,(H,16,18). The first-order valence-electron chi connectivity index (χ1n) is 5.86. The highest BCUT2D eigenvalue weighted by Gasteiger charge is 2.27. The van der Waals surface area contributed by atoms with Crippen molar-refractivity contribution in [1.29, 1.82) is 0 Å². The van der Waals surface area contributed by atoms with E-state index in [0.29, 0.717) is 23.4 Å². The molecule has 0 fully saturated rings. The van der Waals surface area contributed by atoms with Crippen molar-refractivity contribution in [3.8, 4) is 0 Å². The Hall–Kier alpha value is -0.580. The molecule has 0 saturated carbocycles. The van der Waals surface area contributed by atoms with Crippen molar-refractivity contribution in [3.63, 3.8) is 0 Å². The largest absolute Gasteiger partial charge is 0.394 e. The number of rotatable bonds is 5. The van der Waals surface area contributed by atoms with Crippen LogP contribution in [0.25, 0.3) is 0 Å². The highest BCUT2D eigenvalue weighted by molar-refractivity contribution is 9.10. The molecule has 0 saturated heterocycles. The van der Waals surface area contributed by atoms with Crippen LogP contribution in [0.3, 0.4) is 0 Å². The van der Waals surface area contributed by atoms with Crippen LogP contribution in [0.4, 0.5) is 0 Å². The Bertz CT molecular complexity index is 404. The van der Waals surface area contributed by atoms with Gasteiger partial charge in [-0.2, -0.15) is 0 Å². The van der Waals surface area contributed by atoms with E-state index in [-0.39, 0.29) is 12.5 Å². The number of aliphatic hydroxyl groups excluding tert-OH is 1. The molecule has 0 bridgehead atoms. The molecule has 1 aromatic rings. The van der Waals surface area contributed by atoms with Gasteiger partial charge in [0.15, 0.2) is 0 Å². The molecule has 3 nitrogen and oxygen atoms in total. The molecule has 0 radical (unpaired) electrons. The molecule has 0 aromatic heterocycles. The first kappa shape index (κ1) is 15.5. The Morgan fingerprint density at radius 1 is 1.39 bits per heavy atom. The third kappa shape index (κ3) is 3.70. The fourth-order valence-corrected chi connectivity index (χ4v) is 2.55. The summed E-state index contributed by atoms with van der Waals surface area (Å²) in [6.07, 6.45) is 1.35. The van der Waals surface area contributed by atoms with Crippen LogP contribution in [0.15, 0.2) is 22.7 Å². The van der Waals surface area contributed by atoms with Crippen LogP contribution in [0.5, 0.6) is 0 Å². The van der Waals surface area contributed by atoms with Crippen LogP contribution in [-0.2, 0) is 0 Å². The second-order valence-electron chi connectivity index (χ2n) is 4.26. The van der Waals surface area contributed by atoms with E-state index in [4.69, 9.17) is 11.6 Å². The summed E-state index contributed by atoms with van der Waals surface area (Å²) < 4.78 is 0.753. The van der Waals surface area contributed by atoms with Gasteiger partial charge in [-0.3, -0.25) is 4.79 Å². The van der Waals surface area contributed by atoms with Gasteiger partial charge in [-0.25, -0.2) is 0 Å². The van der Waals surface area contributed by atoms with Gasteiger partial charge in [-0.05, 0) is 31.0 Å². The molecule has 0 aliphatic carbocycles. The van der Waals surface area contributed by atoms with Crippen molar-refractivity contribution in [3.05, 3.63) is 33.3 Å². The zero-order valence-electron chi connectivity index (χ0n) is 10.5. The minimum Gasteiger partial charge on any atom is -0.394 e. The van der Waals surface area contributed by atoms with E-state index >= 15 is 0 Å². The zero-order valence-corrected chi connectivity index (χ0v) is 12.8. The first-order chi connectivity index (χ1) is 8.46. The molecule has 2 N–H and O–H groups in total. The van der Waals surface area contributed by atoms with Gasteiger partial charge >= 0.3 is 0 Å². The Labute approximate surface area is 121 Å². The van der Waals surface area contributed by atoms with E-state index < -0.39 is 5.54 Å². The lowest BCUT2D eigenvalue weighted by Crippen LogP contribution is -2.50. The van der Waals surface area contributed by atoms with Crippen molar-refractivity contribution in [2.45, 2.75) is 32.2 Å². The van der Waals surface area contributed by atoms with Crippen LogP contribution < -0.4 is 5.32 Å². The normalized spacial score (nSPS) is 11.4. The van der Waals surface area contributed by atoms with E-state index in [1.807, 2.05) is 13.8 Å². The van der Waals surface area contributed by atoms with Crippen LogP contribution in [0.1, 0.15) is 37.0 Å². The summed E-state index contributed by atoms with van der Waals surface area (Å²) in [4.78, 5) is 12.1. The second-order valence-corrected chi connectivity index (χ2v) is 5.61. The Balaban J connectivity index is 2.94. The molecule has 5 heteroatoms. The number of hydrogen-bond donors (Lipinski definition) is 2. The van der Waals surface area contributed by atoms with Crippen molar-refractivity contribution in [1.82, 2.24) is 5.32 Å². The molecule has 100 valence electrons. The second kappa shape index (κ2) is 6.55. The predicted octanol–water partition coefficient (Wildman–Crippen LogP) is 3.38. The highest BCUT2D eigenvalue weighted by atomic mass is 79.9. The quantitative estimate of drug-likeness (QED) is 0.867. The minimum absolute atomic E-state index is 0.0759. The molecule has 1 amide bonds. The summed E-state index contributed by atoms with van der Waals surface area (Å²) >= 11 is 9.21. The minimum atomic E-state index is -0.564. The molecule has 1 rings (SSSR count). The van der Waals surface area contributed by atoms with Crippen LogP contribution in [0.2, 0.25) is 5.02 Å². The summed E-state index contributed by atoms with van der Waals surface area (Å²) in [5, 5.41) is 12.8. The fraction of sp³-hybridized carbons (Fsp3) is 0.462. The maximum Gasteiger partial charge on any atom is 0.251 e. The maximum atomic E-state index is 12.1. The molecule has 0 heterocycles. The zero-order chi connectivity index (χ0) is 13.8. The van der Waals surface area contributed by atoms with E-state index in [2.05, 4.69) is 21.2 Å².